The van der Waals surface area contributed by atoms with E-state index in [1.807, 2.05) is 12.2 Å². The molecule has 4 unspecified atom stereocenters. The largest absolute Gasteiger partial charge is 0.481 e. The maximum atomic E-state index is 12.6. The first-order chi connectivity index (χ1) is 11.9. The van der Waals surface area contributed by atoms with Crippen LogP contribution in [0.2, 0.25) is 0 Å². The fraction of sp³-hybridized carbons (Fsp3) is 0.421. The maximum absolute atomic E-state index is 12.6. The van der Waals surface area contributed by atoms with Gasteiger partial charge in [-0.2, -0.15) is 0 Å². The molecule has 1 aromatic carbocycles. The Morgan fingerprint density at radius 1 is 1.08 bits per heavy atom. The Bertz CT molecular complexity index is 722. The highest BCUT2D eigenvalue weighted by molar-refractivity contribution is 5.97. The molecule has 2 aliphatic rings. The number of allylic oxidation sites excluding steroid dienone is 2. The average Bonchev–Trinajstić information content (AvgIpc) is 3.15. The van der Waals surface area contributed by atoms with Gasteiger partial charge in [-0.05, 0) is 56.4 Å². The monoisotopic (exact) mass is 343 g/mol. The third-order valence-electron chi connectivity index (χ3n) is 4.78. The number of esters is 1. The lowest BCUT2D eigenvalue weighted by molar-refractivity contribution is -0.146. The highest BCUT2D eigenvalue weighted by Gasteiger charge is 2.51. The SMILES string of the molecule is CC(C)OC(=O)c1ccc(NC(=O)C2C3C=CC(C3)C2C(=O)O)cc1. The summed E-state index contributed by atoms with van der Waals surface area (Å²) in [4.78, 5) is 35.9. The molecule has 6 nitrogen and oxygen atoms in total. The second kappa shape index (κ2) is 6.70. The lowest BCUT2D eigenvalue weighted by atomic mass is 9.82. The Hall–Kier alpha value is -2.63. The van der Waals surface area contributed by atoms with Gasteiger partial charge in [0.25, 0.3) is 0 Å². The van der Waals surface area contributed by atoms with E-state index in [1.165, 1.54) is 0 Å². The standard InChI is InChI=1S/C19H21NO5/c1-10(2)25-19(24)11-5-7-14(8-6-11)20-17(21)15-12-3-4-13(9-12)16(15)18(22)23/h3-8,10,12-13,15-16H,9H2,1-2H3,(H,20,21)(H,22,23). The lowest BCUT2D eigenvalue weighted by Gasteiger charge is -2.23. The van der Waals surface area contributed by atoms with Gasteiger partial charge in [0.15, 0.2) is 0 Å². The van der Waals surface area contributed by atoms with Gasteiger partial charge in [-0.1, -0.05) is 12.2 Å². The summed E-state index contributed by atoms with van der Waals surface area (Å²) in [6.45, 7) is 3.55. The zero-order valence-corrected chi connectivity index (χ0v) is 14.1. The molecule has 2 bridgehead atoms. The molecular formula is C19H21NO5. The predicted molar refractivity (Wildman–Crippen MR) is 91.0 cm³/mol. The van der Waals surface area contributed by atoms with Crippen LogP contribution >= 0.6 is 0 Å². The van der Waals surface area contributed by atoms with Gasteiger partial charge in [0, 0.05) is 5.69 Å². The Morgan fingerprint density at radius 2 is 1.68 bits per heavy atom. The van der Waals surface area contributed by atoms with Crippen LogP contribution in [0.25, 0.3) is 0 Å². The van der Waals surface area contributed by atoms with Gasteiger partial charge in [-0.3, -0.25) is 9.59 Å². The Balaban J connectivity index is 1.68. The molecular weight excluding hydrogens is 322 g/mol. The van der Waals surface area contributed by atoms with E-state index < -0.39 is 23.8 Å². The van der Waals surface area contributed by atoms with E-state index in [2.05, 4.69) is 5.32 Å². The molecule has 132 valence electrons. The van der Waals surface area contributed by atoms with Gasteiger partial charge >= 0.3 is 11.9 Å². The first-order valence-corrected chi connectivity index (χ1v) is 8.40. The van der Waals surface area contributed by atoms with Crippen molar-refractivity contribution in [2.75, 3.05) is 5.32 Å². The van der Waals surface area contributed by atoms with Crippen LogP contribution in [0.5, 0.6) is 0 Å². The molecule has 1 aromatic rings. The number of carboxylic acids is 1. The molecule has 0 aromatic heterocycles. The number of carbonyl (C=O) groups excluding carboxylic acids is 2. The van der Waals surface area contributed by atoms with Crippen LogP contribution in [0.1, 0.15) is 30.6 Å². The summed E-state index contributed by atoms with van der Waals surface area (Å²) in [5.74, 6) is -2.95. The van der Waals surface area contributed by atoms with Gasteiger partial charge in [-0.25, -0.2) is 4.79 Å². The van der Waals surface area contributed by atoms with E-state index in [4.69, 9.17) is 4.74 Å². The minimum absolute atomic E-state index is 0.0219. The number of benzene rings is 1. The van der Waals surface area contributed by atoms with Crippen molar-refractivity contribution in [2.45, 2.75) is 26.4 Å². The van der Waals surface area contributed by atoms with Crippen molar-refractivity contribution in [3.63, 3.8) is 0 Å². The van der Waals surface area contributed by atoms with Crippen molar-refractivity contribution in [1.82, 2.24) is 0 Å². The van der Waals surface area contributed by atoms with E-state index in [0.717, 1.165) is 6.42 Å². The molecule has 2 N–H and O–H groups in total. The summed E-state index contributed by atoms with van der Waals surface area (Å²) >= 11 is 0. The quantitative estimate of drug-likeness (QED) is 0.633. The number of fused-ring (bicyclic) bond motifs is 2. The van der Waals surface area contributed by atoms with Crippen LogP contribution in [0.3, 0.4) is 0 Å². The van der Waals surface area contributed by atoms with E-state index in [1.54, 1.807) is 38.1 Å². The van der Waals surface area contributed by atoms with Gasteiger partial charge < -0.3 is 15.2 Å². The number of amides is 1. The van der Waals surface area contributed by atoms with Gasteiger partial charge in [-0.15, -0.1) is 0 Å². The summed E-state index contributed by atoms with van der Waals surface area (Å²) < 4.78 is 5.11. The molecule has 1 saturated carbocycles. The number of ether oxygens (including phenoxy) is 1. The Morgan fingerprint density at radius 3 is 2.24 bits per heavy atom. The number of carboxylic acid groups (broad SMARTS) is 1. The number of anilines is 1. The lowest BCUT2D eigenvalue weighted by Crippen LogP contribution is -2.36. The molecule has 2 aliphatic carbocycles. The fourth-order valence-corrected chi connectivity index (χ4v) is 3.71. The number of carbonyl (C=O) groups is 3. The normalized spacial score (nSPS) is 26.7. The minimum Gasteiger partial charge on any atom is -0.481 e. The second-order valence-electron chi connectivity index (χ2n) is 6.86. The molecule has 1 amide bonds. The Kier molecular flexibility index (Phi) is 4.61. The molecule has 0 aliphatic heterocycles. The third-order valence-corrected chi connectivity index (χ3v) is 4.78. The summed E-state index contributed by atoms with van der Waals surface area (Å²) in [6.07, 6.45) is 4.36. The van der Waals surface area contributed by atoms with Crippen molar-refractivity contribution >= 4 is 23.5 Å². The van der Waals surface area contributed by atoms with Crippen LogP contribution in [0, 0.1) is 23.7 Å². The zero-order valence-electron chi connectivity index (χ0n) is 14.1. The number of nitrogens with one attached hydrogen (secondary N) is 1. The molecule has 1 fully saturated rings. The highest BCUT2D eigenvalue weighted by Crippen LogP contribution is 2.48. The van der Waals surface area contributed by atoms with Crippen molar-refractivity contribution in [3.05, 3.63) is 42.0 Å². The fourth-order valence-electron chi connectivity index (χ4n) is 3.71. The van der Waals surface area contributed by atoms with Crippen LogP contribution < -0.4 is 5.32 Å². The van der Waals surface area contributed by atoms with Crippen molar-refractivity contribution in [1.29, 1.82) is 0 Å². The summed E-state index contributed by atoms with van der Waals surface area (Å²) in [5.41, 5.74) is 0.931. The molecule has 25 heavy (non-hydrogen) atoms. The van der Waals surface area contributed by atoms with E-state index in [0.29, 0.717) is 11.3 Å². The van der Waals surface area contributed by atoms with Gasteiger partial charge in [0.2, 0.25) is 5.91 Å². The first kappa shape index (κ1) is 17.2. The smallest absolute Gasteiger partial charge is 0.338 e. The molecule has 3 rings (SSSR count). The van der Waals surface area contributed by atoms with E-state index in [9.17, 15) is 19.5 Å². The van der Waals surface area contributed by atoms with E-state index in [-0.39, 0.29) is 23.8 Å². The predicted octanol–water partition coefficient (Wildman–Crippen LogP) is 2.71. The van der Waals surface area contributed by atoms with Crippen LogP contribution in [0.15, 0.2) is 36.4 Å². The number of hydrogen-bond donors (Lipinski definition) is 2. The molecule has 4 atom stereocenters. The molecule has 6 heteroatoms. The van der Waals surface area contributed by atoms with E-state index >= 15 is 0 Å². The highest BCUT2D eigenvalue weighted by atomic mass is 16.5. The summed E-state index contributed by atoms with van der Waals surface area (Å²) in [5, 5.41) is 12.2. The molecule has 0 radical (unpaired) electrons. The second-order valence-corrected chi connectivity index (χ2v) is 6.86. The molecule has 0 heterocycles. The van der Waals surface area contributed by atoms with Crippen LogP contribution in [-0.4, -0.2) is 29.1 Å². The van der Waals surface area contributed by atoms with Crippen molar-refractivity contribution < 1.29 is 24.2 Å². The average molecular weight is 343 g/mol. The molecule has 0 saturated heterocycles. The van der Waals surface area contributed by atoms with Crippen molar-refractivity contribution in [2.24, 2.45) is 23.7 Å². The van der Waals surface area contributed by atoms with Crippen molar-refractivity contribution in [3.8, 4) is 0 Å². The van der Waals surface area contributed by atoms with Gasteiger partial charge in [0.1, 0.15) is 0 Å². The summed E-state index contributed by atoms with van der Waals surface area (Å²) in [6, 6.07) is 6.40. The first-order valence-electron chi connectivity index (χ1n) is 8.40. The Labute approximate surface area is 145 Å². The van der Waals surface area contributed by atoms with Gasteiger partial charge in [0.05, 0.1) is 23.5 Å². The van der Waals surface area contributed by atoms with Crippen LogP contribution in [-0.2, 0) is 14.3 Å². The summed E-state index contributed by atoms with van der Waals surface area (Å²) in [7, 11) is 0. The van der Waals surface area contributed by atoms with Crippen LogP contribution in [0.4, 0.5) is 5.69 Å². The number of hydrogen-bond acceptors (Lipinski definition) is 4. The number of rotatable bonds is 5. The number of aliphatic carboxylic acids is 1. The topological polar surface area (TPSA) is 92.7 Å². The minimum atomic E-state index is -0.927. The third kappa shape index (κ3) is 3.43. The maximum Gasteiger partial charge on any atom is 0.338 e. The molecule has 0 spiro atoms. The zero-order chi connectivity index (χ0) is 18.1.